The van der Waals surface area contributed by atoms with E-state index < -0.39 is 11.9 Å². The maximum atomic E-state index is 11.0. The van der Waals surface area contributed by atoms with Gasteiger partial charge in [-0.05, 0) is 17.7 Å². The zero-order valence-electron chi connectivity index (χ0n) is 10.8. The van der Waals surface area contributed by atoms with E-state index in [9.17, 15) is 9.59 Å². The Hall–Kier alpha value is -2.88. The molecule has 7 heteroatoms. The van der Waals surface area contributed by atoms with Crippen molar-refractivity contribution in [2.75, 3.05) is 13.7 Å². The molecule has 0 saturated heterocycles. The zero-order valence-corrected chi connectivity index (χ0v) is 10.8. The van der Waals surface area contributed by atoms with Crippen molar-refractivity contribution in [1.29, 1.82) is 5.26 Å². The molecule has 7 nitrogen and oxygen atoms in total. The molecule has 20 heavy (non-hydrogen) atoms. The fraction of sp³-hybridized carbons (Fsp3) is 0.231. The van der Waals surface area contributed by atoms with Gasteiger partial charge in [0.25, 0.3) is 5.91 Å². The lowest BCUT2D eigenvalue weighted by atomic mass is 10.2. The Morgan fingerprint density at radius 2 is 2.30 bits per heavy atom. The average molecular weight is 275 g/mol. The predicted molar refractivity (Wildman–Crippen MR) is 69.9 cm³/mol. The summed E-state index contributed by atoms with van der Waals surface area (Å²) >= 11 is 0. The Morgan fingerprint density at radius 1 is 1.50 bits per heavy atom. The van der Waals surface area contributed by atoms with Crippen LogP contribution in [-0.2, 0) is 14.3 Å². The van der Waals surface area contributed by atoms with Crippen LogP contribution in [0.15, 0.2) is 29.4 Å². The number of rotatable bonds is 6. The molecule has 1 N–H and O–H groups in total. The van der Waals surface area contributed by atoms with Crippen molar-refractivity contribution in [3.05, 3.63) is 29.8 Å². The smallest absolute Gasteiger partial charge is 0.343 e. The van der Waals surface area contributed by atoms with E-state index in [1.165, 1.54) is 13.3 Å². The summed E-state index contributed by atoms with van der Waals surface area (Å²) < 4.78 is 9.65. The first-order chi connectivity index (χ1) is 9.65. The van der Waals surface area contributed by atoms with Crippen LogP contribution in [0.2, 0.25) is 0 Å². The number of nitriles is 1. The minimum atomic E-state index is -0.484. The highest BCUT2D eigenvalue weighted by molar-refractivity contribution is 5.83. The van der Waals surface area contributed by atoms with Crippen LogP contribution in [0.5, 0.6) is 5.75 Å². The van der Waals surface area contributed by atoms with E-state index >= 15 is 0 Å². The number of ether oxygens (including phenoxy) is 2. The number of hydrogen-bond donors (Lipinski definition) is 1. The quantitative estimate of drug-likeness (QED) is 0.465. The lowest BCUT2D eigenvalue weighted by Gasteiger charge is -2.04. The average Bonchev–Trinajstić information content (AvgIpc) is 2.45. The summed E-state index contributed by atoms with van der Waals surface area (Å²) in [5.74, 6) is -0.489. The van der Waals surface area contributed by atoms with Crippen LogP contribution in [0.1, 0.15) is 12.0 Å². The van der Waals surface area contributed by atoms with Crippen molar-refractivity contribution < 1.29 is 19.1 Å². The highest BCUT2D eigenvalue weighted by Gasteiger charge is 2.02. The molecular formula is C13H13N3O4. The Kier molecular flexibility index (Phi) is 6.27. The number of carbonyl (C=O) groups is 2. The van der Waals surface area contributed by atoms with Crippen LogP contribution in [0.4, 0.5) is 0 Å². The second-order valence-corrected chi connectivity index (χ2v) is 3.57. The standard InChI is InChI=1S/C13H13N3O4/c1-19-13(18)9-20-11-4-2-3-10(7-11)8-15-16-12(17)5-6-14/h2-4,7-8H,5,9H2,1H3,(H,16,17)/b15-8+. The number of hydrogen-bond acceptors (Lipinski definition) is 6. The molecular weight excluding hydrogens is 262 g/mol. The summed E-state index contributed by atoms with van der Waals surface area (Å²) in [6.45, 7) is -0.185. The molecule has 0 aliphatic carbocycles. The minimum absolute atomic E-state index is 0.185. The van der Waals surface area contributed by atoms with Gasteiger partial charge in [0.1, 0.15) is 12.2 Å². The molecule has 1 aromatic rings. The molecule has 0 fully saturated rings. The molecule has 0 radical (unpaired) electrons. The van der Waals surface area contributed by atoms with Gasteiger partial charge in [0.2, 0.25) is 0 Å². The van der Waals surface area contributed by atoms with E-state index in [1.807, 2.05) is 0 Å². The fourth-order valence-electron chi connectivity index (χ4n) is 1.18. The Bertz CT molecular complexity index is 549. The number of methoxy groups -OCH3 is 1. The molecule has 0 unspecified atom stereocenters. The van der Waals surface area contributed by atoms with Crippen LogP contribution in [-0.4, -0.2) is 31.8 Å². The number of hydrazone groups is 1. The first-order valence-electron chi connectivity index (χ1n) is 5.64. The molecule has 104 valence electrons. The van der Waals surface area contributed by atoms with Crippen LogP contribution in [0.25, 0.3) is 0 Å². The van der Waals surface area contributed by atoms with Crippen molar-refractivity contribution in [3.8, 4) is 11.8 Å². The molecule has 0 spiro atoms. The van der Waals surface area contributed by atoms with Crippen molar-refractivity contribution in [1.82, 2.24) is 5.43 Å². The molecule has 1 aromatic carbocycles. The molecule has 0 heterocycles. The van der Waals surface area contributed by atoms with Gasteiger partial charge in [-0.2, -0.15) is 10.4 Å². The lowest BCUT2D eigenvalue weighted by Crippen LogP contribution is -2.16. The maximum Gasteiger partial charge on any atom is 0.343 e. The Balaban J connectivity index is 2.55. The van der Waals surface area contributed by atoms with Crippen molar-refractivity contribution >= 4 is 18.1 Å². The van der Waals surface area contributed by atoms with Gasteiger partial charge in [0.05, 0.1) is 19.4 Å². The SMILES string of the molecule is COC(=O)COc1cccc(/C=N/NC(=O)CC#N)c1. The fourth-order valence-corrected chi connectivity index (χ4v) is 1.18. The normalized spacial score (nSPS) is 9.80. The molecule has 0 aliphatic heterocycles. The topological polar surface area (TPSA) is 101 Å². The van der Waals surface area contributed by atoms with Gasteiger partial charge in [0, 0.05) is 0 Å². The van der Waals surface area contributed by atoms with E-state index in [4.69, 9.17) is 10.00 Å². The highest BCUT2D eigenvalue weighted by Crippen LogP contribution is 2.11. The summed E-state index contributed by atoms with van der Waals surface area (Å²) in [6.07, 6.45) is 1.15. The van der Waals surface area contributed by atoms with Crippen molar-refractivity contribution in [2.45, 2.75) is 6.42 Å². The highest BCUT2D eigenvalue weighted by atomic mass is 16.6. The first-order valence-corrected chi connectivity index (χ1v) is 5.64. The van der Waals surface area contributed by atoms with Gasteiger partial charge < -0.3 is 9.47 Å². The summed E-state index contributed by atoms with van der Waals surface area (Å²) in [4.78, 5) is 21.9. The molecule has 0 bridgehead atoms. The summed E-state index contributed by atoms with van der Waals surface area (Å²) in [6, 6.07) is 8.48. The zero-order chi connectivity index (χ0) is 14.8. The number of benzene rings is 1. The molecule has 1 rings (SSSR count). The second-order valence-electron chi connectivity index (χ2n) is 3.57. The number of carbonyl (C=O) groups excluding carboxylic acids is 2. The van der Waals surface area contributed by atoms with Gasteiger partial charge in [-0.1, -0.05) is 12.1 Å². The van der Waals surface area contributed by atoms with Gasteiger partial charge in [0.15, 0.2) is 6.61 Å². The van der Waals surface area contributed by atoms with Gasteiger partial charge >= 0.3 is 5.97 Å². The number of amides is 1. The third-order valence-corrected chi connectivity index (χ3v) is 2.08. The Labute approximate surface area is 115 Å². The van der Waals surface area contributed by atoms with Crippen LogP contribution in [0, 0.1) is 11.3 Å². The van der Waals surface area contributed by atoms with Gasteiger partial charge in [-0.3, -0.25) is 4.79 Å². The second kappa shape index (κ2) is 8.26. The maximum absolute atomic E-state index is 11.0. The van der Waals surface area contributed by atoms with E-state index in [0.717, 1.165) is 0 Å². The van der Waals surface area contributed by atoms with Gasteiger partial charge in [-0.25, -0.2) is 10.2 Å². The third kappa shape index (κ3) is 5.64. The van der Waals surface area contributed by atoms with Crippen LogP contribution >= 0.6 is 0 Å². The number of esters is 1. The van der Waals surface area contributed by atoms with Crippen LogP contribution in [0.3, 0.4) is 0 Å². The largest absolute Gasteiger partial charge is 0.482 e. The van der Waals surface area contributed by atoms with Gasteiger partial charge in [-0.15, -0.1) is 0 Å². The van der Waals surface area contributed by atoms with E-state index in [1.54, 1.807) is 30.3 Å². The summed E-state index contributed by atoms with van der Waals surface area (Å²) in [7, 11) is 1.28. The van der Waals surface area contributed by atoms with E-state index in [-0.39, 0.29) is 13.0 Å². The van der Waals surface area contributed by atoms with E-state index in [2.05, 4.69) is 15.3 Å². The molecule has 0 aliphatic rings. The first kappa shape index (κ1) is 15.2. The van der Waals surface area contributed by atoms with Crippen molar-refractivity contribution in [2.24, 2.45) is 5.10 Å². The molecule has 0 saturated carbocycles. The summed E-state index contributed by atoms with van der Waals surface area (Å²) in [5, 5.41) is 12.0. The Morgan fingerprint density at radius 3 is 3.00 bits per heavy atom. The molecule has 0 aromatic heterocycles. The monoisotopic (exact) mass is 275 g/mol. The molecule has 1 amide bonds. The molecule has 0 atom stereocenters. The van der Waals surface area contributed by atoms with E-state index in [0.29, 0.717) is 11.3 Å². The number of nitrogens with zero attached hydrogens (tertiary/aromatic N) is 2. The lowest BCUT2D eigenvalue weighted by molar-refractivity contribution is -0.142. The predicted octanol–water partition coefficient (Wildman–Crippen LogP) is 0.602. The van der Waals surface area contributed by atoms with Crippen molar-refractivity contribution in [3.63, 3.8) is 0 Å². The van der Waals surface area contributed by atoms with Crippen LogP contribution < -0.4 is 10.2 Å². The third-order valence-electron chi connectivity index (χ3n) is 2.08. The summed E-state index contributed by atoms with van der Waals surface area (Å²) in [5.41, 5.74) is 2.87. The minimum Gasteiger partial charge on any atom is -0.482 e. The number of nitrogens with one attached hydrogen (secondary N) is 1.